The summed E-state index contributed by atoms with van der Waals surface area (Å²) < 4.78 is 38.9. The number of halogens is 3. The molecular weight excluding hydrogens is 415 g/mol. The molecule has 1 aliphatic heterocycles. The van der Waals surface area contributed by atoms with Crippen LogP contribution in [0.2, 0.25) is 0 Å². The van der Waals surface area contributed by atoms with Gasteiger partial charge < -0.3 is 4.90 Å². The van der Waals surface area contributed by atoms with Gasteiger partial charge in [-0.1, -0.05) is 36.4 Å². The van der Waals surface area contributed by atoms with Gasteiger partial charge in [-0.05, 0) is 50.6 Å². The summed E-state index contributed by atoms with van der Waals surface area (Å²) in [5.41, 5.74) is 2.23. The smallest absolute Gasteiger partial charge is 0.338 e. The predicted octanol–water partition coefficient (Wildman–Crippen LogP) is 5.30. The maximum atomic E-state index is 13.1. The van der Waals surface area contributed by atoms with Crippen molar-refractivity contribution < 1.29 is 18.0 Å². The maximum Gasteiger partial charge on any atom is 0.416 e. The Morgan fingerprint density at radius 3 is 2.53 bits per heavy atom. The molecule has 0 aliphatic carbocycles. The molecule has 0 atom stereocenters. The monoisotopic (exact) mass is 441 g/mol. The van der Waals surface area contributed by atoms with E-state index in [2.05, 4.69) is 9.88 Å². The first kappa shape index (κ1) is 22.3. The van der Waals surface area contributed by atoms with Crippen LogP contribution in [0.25, 0.3) is 10.9 Å². The van der Waals surface area contributed by atoms with Gasteiger partial charge in [0.1, 0.15) is 0 Å². The fraction of sp³-hybridized carbons (Fsp3) is 0.360. The van der Waals surface area contributed by atoms with E-state index < -0.39 is 11.7 Å². The fourth-order valence-electron chi connectivity index (χ4n) is 4.37. The number of aryl methyl sites for hydroxylation is 1. The van der Waals surface area contributed by atoms with Crippen molar-refractivity contribution in [3.63, 3.8) is 0 Å². The average Bonchev–Trinajstić information content (AvgIpc) is 2.78. The largest absolute Gasteiger partial charge is 0.416 e. The van der Waals surface area contributed by atoms with Crippen LogP contribution in [0.1, 0.15) is 40.0 Å². The number of likely N-dealkylation sites (tertiary alicyclic amines) is 1. The summed E-state index contributed by atoms with van der Waals surface area (Å²) in [7, 11) is 1.93. The number of hydrogen-bond donors (Lipinski definition) is 0. The third kappa shape index (κ3) is 4.78. The van der Waals surface area contributed by atoms with Gasteiger partial charge in [-0.2, -0.15) is 13.2 Å². The summed E-state index contributed by atoms with van der Waals surface area (Å²) >= 11 is 0. The van der Waals surface area contributed by atoms with E-state index >= 15 is 0 Å². The number of rotatable bonds is 4. The number of nitrogens with zero attached hydrogens (tertiary/aromatic N) is 3. The number of pyridine rings is 1. The van der Waals surface area contributed by atoms with Crippen LogP contribution >= 0.6 is 0 Å². The van der Waals surface area contributed by atoms with Crippen molar-refractivity contribution in [2.24, 2.45) is 0 Å². The van der Waals surface area contributed by atoms with Gasteiger partial charge in [0.15, 0.2) is 0 Å². The number of para-hydroxylation sites is 1. The number of benzene rings is 2. The lowest BCUT2D eigenvalue weighted by atomic mass is 10.0. The third-order valence-corrected chi connectivity index (χ3v) is 6.21. The van der Waals surface area contributed by atoms with Gasteiger partial charge in [-0.15, -0.1) is 0 Å². The van der Waals surface area contributed by atoms with Crippen molar-refractivity contribution in [3.05, 3.63) is 77.0 Å². The lowest BCUT2D eigenvalue weighted by Crippen LogP contribution is -2.45. The number of alkyl halides is 3. The highest BCUT2D eigenvalue weighted by Crippen LogP contribution is 2.30. The number of carbonyl (C=O) groups is 1. The summed E-state index contributed by atoms with van der Waals surface area (Å²) in [6.07, 6.45) is -2.78. The molecule has 4 nitrogen and oxygen atoms in total. The molecule has 1 amide bonds. The molecule has 4 rings (SSSR count). The van der Waals surface area contributed by atoms with Crippen LogP contribution < -0.4 is 0 Å². The van der Waals surface area contributed by atoms with Crippen molar-refractivity contribution in [1.82, 2.24) is 14.8 Å². The normalized spacial score (nSPS) is 15.5. The second kappa shape index (κ2) is 8.90. The molecule has 1 aliphatic rings. The van der Waals surface area contributed by atoms with Crippen molar-refractivity contribution in [1.29, 1.82) is 0 Å². The predicted molar refractivity (Wildman–Crippen MR) is 118 cm³/mol. The second-order valence-corrected chi connectivity index (χ2v) is 8.45. The molecule has 0 radical (unpaired) electrons. The molecule has 1 fully saturated rings. The molecule has 7 heteroatoms. The molecule has 0 unspecified atom stereocenters. The van der Waals surface area contributed by atoms with E-state index in [0.29, 0.717) is 30.8 Å². The van der Waals surface area contributed by atoms with Crippen molar-refractivity contribution in [2.75, 3.05) is 20.1 Å². The topological polar surface area (TPSA) is 36.4 Å². The molecule has 0 bridgehead atoms. The Kier molecular flexibility index (Phi) is 6.20. The first-order chi connectivity index (χ1) is 15.2. The van der Waals surface area contributed by atoms with E-state index in [4.69, 9.17) is 0 Å². The van der Waals surface area contributed by atoms with Crippen LogP contribution in [0, 0.1) is 6.92 Å². The van der Waals surface area contributed by atoms with Gasteiger partial charge in [0, 0.05) is 31.1 Å². The van der Waals surface area contributed by atoms with E-state index in [-0.39, 0.29) is 11.9 Å². The van der Waals surface area contributed by atoms with Gasteiger partial charge in [-0.3, -0.25) is 14.7 Å². The summed E-state index contributed by atoms with van der Waals surface area (Å²) in [6, 6.07) is 15.3. The fourth-order valence-corrected chi connectivity index (χ4v) is 4.37. The number of piperidine rings is 1. The van der Waals surface area contributed by atoms with Gasteiger partial charge in [0.25, 0.3) is 5.91 Å². The third-order valence-electron chi connectivity index (χ3n) is 6.21. The first-order valence-electron chi connectivity index (χ1n) is 10.7. The van der Waals surface area contributed by atoms with E-state index in [1.807, 2.05) is 49.2 Å². The molecule has 1 saturated heterocycles. The number of hydrogen-bond acceptors (Lipinski definition) is 3. The SMILES string of the molecule is Cc1nc2ccccc2cc1C(=O)N1CCC(N(C)Cc2cccc(C(F)(F)F)c2)CC1. The molecule has 1 aromatic heterocycles. The van der Waals surface area contributed by atoms with E-state index in [1.165, 1.54) is 12.1 Å². The van der Waals surface area contributed by atoms with Gasteiger partial charge in [-0.25, -0.2) is 0 Å². The second-order valence-electron chi connectivity index (χ2n) is 8.45. The lowest BCUT2D eigenvalue weighted by Gasteiger charge is -2.37. The zero-order valence-electron chi connectivity index (χ0n) is 18.2. The number of fused-ring (bicyclic) bond motifs is 1. The molecule has 0 spiro atoms. The Hall–Kier alpha value is -2.93. The number of aromatic nitrogens is 1. The highest BCUT2D eigenvalue weighted by Gasteiger charge is 2.31. The maximum absolute atomic E-state index is 13.1. The van der Waals surface area contributed by atoms with Crippen LogP contribution in [0.3, 0.4) is 0 Å². The molecule has 2 heterocycles. The van der Waals surface area contributed by atoms with E-state index in [9.17, 15) is 18.0 Å². The highest BCUT2D eigenvalue weighted by atomic mass is 19.4. The Labute approximate surface area is 185 Å². The van der Waals surface area contributed by atoms with Crippen LogP contribution in [-0.2, 0) is 12.7 Å². The molecule has 3 aromatic rings. The first-order valence-corrected chi connectivity index (χ1v) is 10.7. The molecule has 168 valence electrons. The number of amides is 1. The van der Waals surface area contributed by atoms with Crippen LogP contribution in [0.15, 0.2) is 54.6 Å². The summed E-state index contributed by atoms with van der Waals surface area (Å²) in [5, 5.41) is 0.942. The highest BCUT2D eigenvalue weighted by molar-refractivity contribution is 5.98. The van der Waals surface area contributed by atoms with Crippen molar-refractivity contribution in [3.8, 4) is 0 Å². The standard InChI is InChI=1S/C25H26F3N3O/c1-17-22(15-19-7-3-4-9-23(19)29-17)24(32)31-12-10-21(11-13-31)30(2)16-18-6-5-8-20(14-18)25(26,27)28/h3-9,14-15,21H,10-13,16H2,1-2H3. The summed E-state index contributed by atoms with van der Waals surface area (Å²) in [5.74, 6) is -0.0141. The molecular formula is C25H26F3N3O. The van der Waals surface area contributed by atoms with Gasteiger partial charge in [0.05, 0.1) is 22.3 Å². The van der Waals surface area contributed by atoms with Crippen LogP contribution in [0.4, 0.5) is 13.2 Å². The Morgan fingerprint density at radius 2 is 1.81 bits per heavy atom. The molecule has 2 aromatic carbocycles. The zero-order chi connectivity index (χ0) is 22.9. The van der Waals surface area contributed by atoms with Crippen LogP contribution in [0.5, 0.6) is 0 Å². The zero-order valence-corrected chi connectivity index (χ0v) is 18.2. The van der Waals surface area contributed by atoms with Crippen molar-refractivity contribution in [2.45, 2.75) is 38.5 Å². The molecule has 32 heavy (non-hydrogen) atoms. The Balaban J connectivity index is 1.39. The lowest BCUT2D eigenvalue weighted by molar-refractivity contribution is -0.137. The minimum atomic E-state index is -4.34. The van der Waals surface area contributed by atoms with Crippen molar-refractivity contribution >= 4 is 16.8 Å². The molecule has 0 N–H and O–H groups in total. The summed E-state index contributed by atoms with van der Waals surface area (Å²) in [6.45, 7) is 3.52. The van der Waals surface area contributed by atoms with Gasteiger partial charge >= 0.3 is 6.18 Å². The minimum absolute atomic E-state index is 0.0141. The number of carbonyl (C=O) groups excluding carboxylic acids is 1. The van der Waals surface area contributed by atoms with Crippen LogP contribution in [-0.4, -0.2) is 46.9 Å². The van der Waals surface area contributed by atoms with E-state index in [0.717, 1.165) is 35.5 Å². The average molecular weight is 441 g/mol. The Bertz CT molecular complexity index is 1120. The summed E-state index contributed by atoms with van der Waals surface area (Å²) in [4.78, 5) is 21.6. The quantitative estimate of drug-likeness (QED) is 0.551. The molecule has 0 saturated carbocycles. The minimum Gasteiger partial charge on any atom is -0.338 e. The van der Waals surface area contributed by atoms with Gasteiger partial charge in [0.2, 0.25) is 0 Å². The van der Waals surface area contributed by atoms with E-state index in [1.54, 1.807) is 6.07 Å². The Morgan fingerprint density at radius 1 is 1.09 bits per heavy atom.